The number of carbonyl (C=O) groups excluding carboxylic acids is 1. The molecule has 4 nitrogen and oxygen atoms in total. The van der Waals surface area contributed by atoms with E-state index in [4.69, 9.17) is 9.47 Å². The van der Waals surface area contributed by atoms with Crippen molar-refractivity contribution in [3.8, 4) is 23.3 Å². The third-order valence-corrected chi connectivity index (χ3v) is 3.98. The third kappa shape index (κ3) is 2.56. The number of nitrogens with zero attached hydrogens (tertiary/aromatic N) is 1. The van der Waals surface area contributed by atoms with Crippen LogP contribution in [-0.2, 0) is 16.8 Å². The van der Waals surface area contributed by atoms with Crippen LogP contribution in [0.3, 0.4) is 0 Å². The summed E-state index contributed by atoms with van der Waals surface area (Å²) in [5, 5.41) is 0. The van der Waals surface area contributed by atoms with Crippen molar-refractivity contribution in [2.45, 2.75) is 32.7 Å². The second-order valence-electron chi connectivity index (χ2n) is 5.50. The zero-order valence-electron chi connectivity index (χ0n) is 13.2. The Hall–Kier alpha value is -2.15. The molecule has 21 heavy (non-hydrogen) atoms. The number of hydrogen-bond acceptors (Lipinski definition) is 3. The highest BCUT2D eigenvalue weighted by atomic mass is 16.5. The van der Waals surface area contributed by atoms with Crippen LogP contribution in [0.5, 0.6) is 11.5 Å². The molecule has 112 valence electrons. The maximum Gasteiger partial charge on any atom is 0.299 e. The smallest absolute Gasteiger partial charge is 0.299 e. The van der Waals surface area contributed by atoms with Gasteiger partial charge in [0, 0.05) is 18.2 Å². The number of methoxy groups -OCH3 is 2. The molecule has 1 heterocycles. The van der Waals surface area contributed by atoms with Crippen molar-refractivity contribution in [1.82, 2.24) is 4.90 Å². The van der Waals surface area contributed by atoms with Crippen LogP contribution >= 0.6 is 0 Å². The topological polar surface area (TPSA) is 38.8 Å². The van der Waals surface area contributed by atoms with E-state index in [1.807, 2.05) is 26.0 Å². The van der Waals surface area contributed by atoms with E-state index in [1.165, 1.54) is 0 Å². The lowest BCUT2D eigenvalue weighted by molar-refractivity contribution is -0.131. The Morgan fingerprint density at radius 1 is 1.29 bits per heavy atom. The number of hydrogen-bond donors (Lipinski definition) is 0. The van der Waals surface area contributed by atoms with Gasteiger partial charge in [-0.3, -0.25) is 4.79 Å². The molecular formula is C17H21NO3. The number of rotatable bonds is 2. The number of ether oxygens (including phenoxy) is 2. The molecule has 1 aromatic carbocycles. The lowest BCUT2D eigenvalue weighted by Gasteiger charge is -2.43. The standard InChI is InChI=1S/C17H21NO3/c1-6-7-15(19)18-9-8-12-10-13(20-4)11-14(21-5)16(12)17(18,2)3/h10-11H,8-9H2,1-5H3. The summed E-state index contributed by atoms with van der Waals surface area (Å²) in [6.07, 6.45) is 0.767. The monoisotopic (exact) mass is 287 g/mol. The SMILES string of the molecule is CC#CC(=O)N1CCc2cc(OC)cc(OC)c2C1(C)C. The number of carbonyl (C=O) groups is 1. The van der Waals surface area contributed by atoms with Gasteiger partial charge >= 0.3 is 0 Å². The molecule has 0 atom stereocenters. The number of amides is 1. The normalized spacial score (nSPS) is 15.6. The van der Waals surface area contributed by atoms with Crippen molar-refractivity contribution in [2.24, 2.45) is 0 Å². The summed E-state index contributed by atoms with van der Waals surface area (Å²) in [6, 6.07) is 3.88. The van der Waals surface area contributed by atoms with Gasteiger partial charge < -0.3 is 14.4 Å². The minimum atomic E-state index is -0.466. The Bertz CT molecular complexity index is 606. The molecule has 2 rings (SSSR count). The van der Waals surface area contributed by atoms with E-state index < -0.39 is 5.54 Å². The van der Waals surface area contributed by atoms with Crippen LogP contribution in [0.1, 0.15) is 31.9 Å². The first kappa shape index (κ1) is 15.2. The predicted octanol–water partition coefficient (Wildman–Crippen LogP) is 2.35. The van der Waals surface area contributed by atoms with E-state index in [2.05, 4.69) is 11.8 Å². The van der Waals surface area contributed by atoms with Gasteiger partial charge in [-0.05, 0) is 44.7 Å². The van der Waals surface area contributed by atoms with Gasteiger partial charge in [0.1, 0.15) is 11.5 Å². The molecule has 4 heteroatoms. The van der Waals surface area contributed by atoms with Gasteiger partial charge in [0.05, 0.1) is 19.8 Å². The van der Waals surface area contributed by atoms with Crippen LogP contribution in [0.4, 0.5) is 0 Å². The molecular weight excluding hydrogens is 266 g/mol. The van der Waals surface area contributed by atoms with E-state index in [-0.39, 0.29) is 5.91 Å². The maximum atomic E-state index is 12.2. The van der Waals surface area contributed by atoms with Gasteiger partial charge in [0.25, 0.3) is 5.91 Å². The average Bonchev–Trinajstić information content (AvgIpc) is 2.45. The van der Waals surface area contributed by atoms with E-state index >= 15 is 0 Å². The number of fused-ring (bicyclic) bond motifs is 1. The zero-order valence-corrected chi connectivity index (χ0v) is 13.2. The molecule has 0 spiro atoms. The molecule has 0 unspecified atom stereocenters. The first-order valence-electron chi connectivity index (χ1n) is 6.95. The molecule has 1 aromatic rings. The van der Waals surface area contributed by atoms with Gasteiger partial charge in [-0.15, -0.1) is 0 Å². The van der Waals surface area contributed by atoms with Gasteiger partial charge in [-0.25, -0.2) is 0 Å². The van der Waals surface area contributed by atoms with Crippen LogP contribution in [0.25, 0.3) is 0 Å². The minimum Gasteiger partial charge on any atom is -0.497 e. The highest BCUT2D eigenvalue weighted by Crippen LogP contribution is 2.42. The molecule has 0 fully saturated rings. The quantitative estimate of drug-likeness (QED) is 0.784. The fourth-order valence-corrected chi connectivity index (χ4v) is 2.99. The lowest BCUT2D eigenvalue weighted by Crippen LogP contribution is -2.49. The third-order valence-electron chi connectivity index (χ3n) is 3.98. The van der Waals surface area contributed by atoms with E-state index in [1.54, 1.807) is 26.0 Å². The molecule has 0 saturated carbocycles. The summed E-state index contributed by atoms with van der Waals surface area (Å²) in [5.41, 5.74) is 1.72. The molecule has 1 aliphatic rings. The minimum absolute atomic E-state index is 0.147. The van der Waals surface area contributed by atoms with Crippen molar-refractivity contribution in [1.29, 1.82) is 0 Å². The molecule has 0 N–H and O–H groups in total. The van der Waals surface area contributed by atoms with E-state index in [0.717, 1.165) is 29.0 Å². The average molecular weight is 287 g/mol. The summed E-state index contributed by atoms with van der Waals surface area (Å²) in [6.45, 7) is 6.36. The number of benzene rings is 1. The Kier molecular flexibility index (Phi) is 4.13. The Morgan fingerprint density at radius 3 is 2.57 bits per heavy atom. The molecule has 0 aromatic heterocycles. The predicted molar refractivity (Wildman–Crippen MR) is 81.4 cm³/mol. The first-order chi connectivity index (χ1) is 9.95. The molecule has 1 amide bonds. The summed E-state index contributed by atoms with van der Waals surface area (Å²) in [4.78, 5) is 14.0. The van der Waals surface area contributed by atoms with Crippen molar-refractivity contribution in [3.05, 3.63) is 23.3 Å². The molecule has 0 radical (unpaired) electrons. The Labute approximate surface area is 126 Å². The van der Waals surface area contributed by atoms with Crippen LogP contribution in [-0.4, -0.2) is 31.6 Å². The molecule has 1 aliphatic heterocycles. The second-order valence-corrected chi connectivity index (χ2v) is 5.50. The van der Waals surface area contributed by atoms with Gasteiger partial charge in [0.15, 0.2) is 0 Å². The second kappa shape index (κ2) is 5.69. The fourth-order valence-electron chi connectivity index (χ4n) is 2.99. The van der Waals surface area contributed by atoms with Crippen LogP contribution < -0.4 is 9.47 Å². The van der Waals surface area contributed by atoms with Crippen molar-refractivity contribution < 1.29 is 14.3 Å². The van der Waals surface area contributed by atoms with Crippen molar-refractivity contribution in [2.75, 3.05) is 20.8 Å². The first-order valence-corrected chi connectivity index (χ1v) is 6.95. The van der Waals surface area contributed by atoms with Crippen molar-refractivity contribution >= 4 is 5.91 Å². The Morgan fingerprint density at radius 2 is 2.00 bits per heavy atom. The van der Waals surface area contributed by atoms with Crippen LogP contribution in [0, 0.1) is 11.8 Å². The zero-order chi connectivity index (χ0) is 15.6. The maximum absolute atomic E-state index is 12.2. The van der Waals surface area contributed by atoms with Crippen LogP contribution in [0.15, 0.2) is 12.1 Å². The summed E-state index contributed by atoms with van der Waals surface area (Å²) < 4.78 is 10.8. The van der Waals surface area contributed by atoms with E-state index in [0.29, 0.717) is 6.54 Å². The van der Waals surface area contributed by atoms with Crippen molar-refractivity contribution in [3.63, 3.8) is 0 Å². The Balaban J connectivity index is 2.56. The van der Waals surface area contributed by atoms with Gasteiger partial charge in [-0.2, -0.15) is 0 Å². The summed E-state index contributed by atoms with van der Waals surface area (Å²) in [5.74, 6) is 6.69. The molecule has 0 bridgehead atoms. The molecule has 0 aliphatic carbocycles. The van der Waals surface area contributed by atoms with Gasteiger partial charge in [-0.1, -0.05) is 5.92 Å². The fraction of sp³-hybridized carbons (Fsp3) is 0.471. The largest absolute Gasteiger partial charge is 0.497 e. The van der Waals surface area contributed by atoms with Gasteiger partial charge in [0.2, 0.25) is 0 Å². The van der Waals surface area contributed by atoms with Crippen LogP contribution in [0.2, 0.25) is 0 Å². The van der Waals surface area contributed by atoms with E-state index in [9.17, 15) is 4.79 Å². The summed E-state index contributed by atoms with van der Waals surface area (Å²) >= 11 is 0. The lowest BCUT2D eigenvalue weighted by atomic mass is 9.82. The molecule has 0 saturated heterocycles. The highest BCUT2D eigenvalue weighted by molar-refractivity contribution is 5.94. The highest BCUT2D eigenvalue weighted by Gasteiger charge is 2.39. The summed E-state index contributed by atoms with van der Waals surface area (Å²) in [7, 11) is 3.28.